The minimum Gasteiger partial charge on any atom is -0.380 e. The van der Waals surface area contributed by atoms with Gasteiger partial charge in [-0.1, -0.05) is 13.3 Å². The van der Waals surface area contributed by atoms with E-state index in [1.165, 1.54) is 12.8 Å². The molecule has 0 aliphatic rings. The number of nitrogens with one attached hydrogen (secondary N) is 1. The molecule has 0 aromatic heterocycles. The Kier molecular flexibility index (Phi) is 13.2. The summed E-state index contributed by atoms with van der Waals surface area (Å²) < 4.78 is 10.9. The van der Waals surface area contributed by atoms with Crippen molar-refractivity contribution in [3.63, 3.8) is 0 Å². The molecule has 0 rings (SSSR count). The average molecular weight is 260 g/mol. The maximum absolute atomic E-state index is 5.44. The zero-order valence-electron chi connectivity index (χ0n) is 12.7. The highest BCUT2D eigenvalue weighted by molar-refractivity contribution is 4.70. The molecule has 110 valence electrons. The Morgan fingerprint density at radius 2 is 1.56 bits per heavy atom. The van der Waals surface area contributed by atoms with E-state index in [0.29, 0.717) is 6.04 Å². The number of hydrogen-bond acceptors (Lipinski definition) is 4. The highest BCUT2D eigenvalue weighted by Crippen LogP contribution is 2.00. The van der Waals surface area contributed by atoms with Crippen molar-refractivity contribution >= 4 is 0 Å². The van der Waals surface area contributed by atoms with Gasteiger partial charge in [0.05, 0.1) is 13.2 Å². The van der Waals surface area contributed by atoms with Crippen LogP contribution in [0.25, 0.3) is 0 Å². The molecule has 0 aromatic carbocycles. The molecule has 0 spiro atoms. The van der Waals surface area contributed by atoms with Crippen molar-refractivity contribution in [3.8, 4) is 0 Å². The predicted molar refractivity (Wildman–Crippen MR) is 77.2 cm³/mol. The molecule has 0 saturated carbocycles. The first kappa shape index (κ1) is 17.8. The molecule has 0 saturated heterocycles. The van der Waals surface area contributed by atoms with Gasteiger partial charge in [0.15, 0.2) is 0 Å². The minimum absolute atomic E-state index is 0.568. The summed E-state index contributed by atoms with van der Waals surface area (Å²) in [5, 5.41) is 3.39. The Bertz CT molecular complexity index is 158. The normalized spacial score (nSPS) is 13.2. The van der Waals surface area contributed by atoms with Crippen LogP contribution in [0.5, 0.6) is 0 Å². The highest BCUT2D eigenvalue weighted by atomic mass is 16.5. The van der Waals surface area contributed by atoms with Crippen LogP contribution in [-0.4, -0.2) is 64.1 Å². The van der Waals surface area contributed by atoms with Crippen LogP contribution in [0.3, 0.4) is 0 Å². The van der Waals surface area contributed by atoms with Crippen LogP contribution < -0.4 is 5.32 Å². The summed E-state index contributed by atoms with van der Waals surface area (Å²) in [4.78, 5) is 2.43. The second kappa shape index (κ2) is 13.3. The summed E-state index contributed by atoms with van der Waals surface area (Å²) in [6, 6.07) is 0.568. The Balaban J connectivity index is 3.99. The van der Waals surface area contributed by atoms with Crippen molar-refractivity contribution in [1.82, 2.24) is 10.2 Å². The average Bonchev–Trinajstić information content (AvgIpc) is 2.38. The molecule has 18 heavy (non-hydrogen) atoms. The summed E-state index contributed by atoms with van der Waals surface area (Å²) in [5.74, 6) is 0. The quantitative estimate of drug-likeness (QED) is 0.512. The molecular weight excluding hydrogens is 228 g/mol. The van der Waals surface area contributed by atoms with E-state index >= 15 is 0 Å². The summed E-state index contributed by atoms with van der Waals surface area (Å²) in [6.07, 6.45) is 2.44. The van der Waals surface area contributed by atoms with Gasteiger partial charge < -0.3 is 14.8 Å². The smallest absolute Gasteiger partial charge is 0.0593 e. The van der Waals surface area contributed by atoms with Crippen LogP contribution in [0.1, 0.15) is 33.6 Å². The van der Waals surface area contributed by atoms with E-state index < -0.39 is 0 Å². The number of likely N-dealkylation sites (N-methyl/N-ethyl adjacent to an activating group) is 1. The maximum atomic E-state index is 5.44. The lowest BCUT2D eigenvalue weighted by Crippen LogP contribution is -2.42. The first-order valence-corrected chi connectivity index (χ1v) is 7.33. The van der Waals surface area contributed by atoms with Crippen LogP contribution in [-0.2, 0) is 9.47 Å². The van der Waals surface area contributed by atoms with Crippen LogP contribution >= 0.6 is 0 Å². The second-order valence-electron chi connectivity index (χ2n) is 4.47. The van der Waals surface area contributed by atoms with Gasteiger partial charge in [0.2, 0.25) is 0 Å². The van der Waals surface area contributed by atoms with Crippen molar-refractivity contribution in [2.24, 2.45) is 0 Å². The molecule has 0 aliphatic heterocycles. The van der Waals surface area contributed by atoms with Crippen molar-refractivity contribution in [1.29, 1.82) is 0 Å². The van der Waals surface area contributed by atoms with Crippen molar-refractivity contribution < 1.29 is 9.47 Å². The Morgan fingerprint density at radius 1 is 1.00 bits per heavy atom. The van der Waals surface area contributed by atoms with Gasteiger partial charge in [-0.2, -0.15) is 0 Å². The predicted octanol–water partition coefficient (Wildman–Crippen LogP) is 1.75. The zero-order chi connectivity index (χ0) is 13.6. The standard InChI is InChI=1S/C14H32N2O2/c1-5-8-14(15-4)13-16(9-11-17-6-2)10-12-18-7-3/h14-15H,5-13H2,1-4H3. The molecule has 0 aromatic rings. The third kappa shape index (κ3) is 9.83. The van der Waals surface area contributed by atoms with Gasteiger partial charge in [0.25, 0.3) is 0 Å². The van der Waals surface area contributed by atoms with E-state index in [9.17, 15) is 0 Å². The topological polar surface area (TPSA) is 33.7 Å². The van der Waals surface area contributed by atoms with Crippen molar-refractivity contribution in [2.45, 2.75) is 39.7 Å². The molecule has 4 heteroatoms. The van der Waals surface area contributed by atoms with E-state index in [1.807, 2.05) is 20.9 Å². The minimum atomic E-state index is 0.568. The molecule has 0 fully saturated rings. The molecule has 1 N–H and O–H groups in total. The number of rotatable bonds is 13. The maximum Gasteiger partial charge on any atom is 0.0593 e. The monoisotopic (exact) mass is 260 g/mol. The third-order valence-corrected chi connectivity index (χ3v) is 3.04. The highest BCUT2D eigenvalue weighted by Gasteiger charge is 2.11. The molecular formula is C14H32N2O2. The number of ether oxygens (including phenoxy) is 2. The van der Waals surface area contributed by atoms with Gasteiger partial charge in [0, 0.05) is 38.9 Å². The first-order valence-electron chi connectivity index (χ1n) is 7.33. The van der Waals surface area contributed by atoms with Gasteiger partial charge in [-0.15, -0.1) is 0 Å². The fraction of sp³-hybridized carbons (Fsp3) is 1.00. The zero-order valence-corrected chi connectivity index (χ0v) is 12.7. The van der Waals surface area contributed by atoms with Gasteiger partial charge in [-0.3, -0.25) is 4.90 Å². The fourth-order valence-corrected chi connectivity index (χ4v) is 1.96. The van der Waals surface area contributed by atoms with Crippen molar-refractivity contribution in [3.05, 3.63) is 0 Å². The number of nitrogens with zero attached hydrogens (tertiary/aromatic N) is 1. The molecule has 0 radical (unpaired) electrons. The first-order chi connectivity index (χ1) is 8.78. The third-order valence-electron chi connectivity index (χ3n) is 3.04. The lowest BCUT2D eigenvalue weighted by atomic mass is 10.1. The van der Waals surface area contributed by atoms with E-state index in [-0.39, 0.29) is 0 Å². The molecule has 0 bridgehead atoms. The summed E-state index contributed by atoms with van der Waals surface area (Å²) in [7, 11) is 2.05. The Hall–Kier alpha value is -0.160. The Labute approximate surface area is 113 Å². The fourth-order valence-electron chi connectivity index (χ4n) is 1.96. The number of hydrogen-bond donors (Lipinski definition) is 1. The molecule has 1 atom stereocenters. The van der Waals surface area contributed by atoms with E-state index in [4.69, 9.17) is 9.47 Å². The van der Waals surface area contributed by atoms with Crippen molar-refractivity contribution in [2.75, 3.05) is 53.1 Å². The molecule has 4 nitrogen and oxygen atoms in total. The van der Waals surface area contributed by atoms with Crippen LogP contribution in [0.15, 0.2) is 0 Å². The largest absolute Gasteiger partial charge is 0.380 e. The summed E-state index contributed by atoms with van der Waals surface area (Å²) in [5.41, 5.74) is 0. The van der Waals surface area contributed by atoms with E-state index in [1.54, 1.807) is 0 Å². The van der Waals surface area contributed by atoms with Crippen LogP contribution in [0, 0.1) is 0 Å². The van der Waals surface area contributed by atoms with Crippen LogP contribution in [0.4, 0.5) is 0 Å². The van der Waals surface area contributed by atoms with Crippen LogP contribution in [0.2, 0.25) is 0 Å². The molecule has 0 amide bonds. The van der Waals surface area contributed by atoms with Gasteiger partial charge in [-0.25, -0.2) is 0 Å². The lowest BCUT2D eigenvalue weighted by Gasteiger charge is -2.27. The van der Waals surface area contributed by atoms with E-state index in [2.05, 4.69) is 17.1 Å². The molecule has 1 unspecified atom stereocenters. The summed E-state index contributed by atoms with van der Waals surface area (Å²) >= 11 is 0. The summed E-state index contributed by atoms with van der Waals surface area (Å²) in [6.45, 7) is 12.6. The van der Waals surface area contributed by atoms with E-state index in [0.717, 1.165) is 46.1 Å². The molecule has 0 aliphatic carbocycles. The molecule has 0 heterocycles. The second-order valence-corrected chi connectivity index (χ2v) is 4.47. The SMILES string of the molecule is CCCC(CN(CCOCC)CCOCC)NC. The van der Waals surface area contributed by atoms with Gasteiger partial charge in [0.1, 0.15) is 0 Å². The Morgan fingerprint density at radius 3 is 1.94 bits per heavy atom. The van der Waals surface area contributed by atoms with Gasteiger partial charge in [-0.05, 0) is 27.3 Å². The lowest BCUT2D eigenvalue weighted by molar-refractivity contribution is 0.0783. The van der Waals surface area contributed by atoms with Gasteiger partial charge >= 0.3 is 0 Å².